The fraction of sp³-hybridized carbons (Fsp3) is 0.333. The molecule has 0 atom stereocenters. The number of hydrogen-bond acceptors (Lipinski definition) is 4. The molecule has 162 valence electrons. The van der Waals surface area contributed by atoms with Gasteiger partial charge in [-0.2, -0.15) is 0 Å². The summed E-state index contributed by atoms with van der Waals surface area (Å²) in [7, 11) is 1.01. The maximum atomic E-state index is 12.4. The number of hydrogen-bond donors (Lipinski definition) is 2. The Morgan fingerprint density at radius 2 is 1.53 bits per heavy atom. The standard InChI is InChI=1S/C21H28N4O4S/c1-24(2)30(28,29)19-12-8-7-11-18(19)15-23-20(26)13-14-22-21(27)25(3)16-17-9-5-4-6-10-17/h4-12H,13-16H2,1-3H3,(H,22,27)(H,23,26). The summed E-state index contributed by atoms with van der Waals surface area (Å²) in [6.07, 6.45) is 0.0908. The van der Waals surface area contributed by atoms with Gasteiger partial charge in [-0.15, -0.1) is 0 Å². The van der Waals surface area contributed by atoms with Crippen LogP contribution in [-0.4, -0.2) is 57.2 Å². The molecule has 0 aliphatic rings. The van der Waals surface area contributed by atoms with Crippen LogP contribution in [0.5, 0.6) is 0 Å². The molecule has 0 radical (unpaired) electrons. The van der Waals surface area contributed by atoms with E-state index < -0.39 is 10.0 Å². The first-order valence-electron chi connectivity index (χ1n) is 9.52. The van der Waals surface area contributed by atoms with Crippen LogP contribution in [0.15, 0.2) is 59.5 Å². The number of rotatable bonds is 9. The highest BCUT2D eigenvalue weighted by atomic mass is 32.2. The smallest absolute Gasteiger partial charge is 0.317 e. The molecule has 0 aliphatic heterocycles. The molecule has 0 aromatic heterocycles. The molecule has 0 bridgehead atoms. The second-order valence-corrected chi connectivity index (χ2v) is 9.12. The summed E-state index contributed by atoms with van der Waals surface area (Å²) in [6.45, 7) is 0.737. The maximum Gasteiger partial charge on any atom is 0.317 e. The van der Waals surface area contributed by atoms with Crippen LogP contribution in [0.1, 0.15) is 17.5 Å². The average molecular weight is 433 g/mol. The van der Waals surface area contributed by atoms with E-state index in [1.54, 1.807) is 25.2 Å². The lowest BCUT2D eigenvalue weighted by Gasteiger charge is -2.18. The van der Waals surface area contributed by atoms with E-state index in [1.807, 2.05) is 30.3 Å². The number of nitrogens with zero attached hydrogens (tertiary/aromatic N) is 2. The van der Waals surface area contributed by atoms with Gasteiger partial charge in [0.2, 0.25) is 15.9 Å². The molecular weight excluding hydrogens is 404 g/mol. The number of benzene rings is 2. The molecule has 30 heavy (non-hydrogen) atoms. The fourth-order valence-corrected chi connectivity index (χ4v) is 3.84. The van der Waals surface area contributed by atoms with Crippen molar-refractivity contribution in [2.45, 2.75) is 24.4 Å². The Kier molecular flexibility index (Phi) is 8.37. The van der Waals surface area contributed by atoms with E-state index in [4.69, 9.17) is 0 Å². The maximum absolute atomic E-state index is 12.4. The SMILES string of the molecule is CN(Cc1ccccc1)C(=O)NCCC(=O)NCc1ccccc1S(=O)(=O)N(C)C. The van der Waals surface area contributed by atoms with E-state index in [-0.39, 0.29) is 36.3 Å². The topological polar surface area (TPSA) is 98.8 Å². The summed E-state index contributed by atoms with van der Waals surface area (Å²) in [4.78, 5) is 26.0. The molecule has 2 N–H and O–H groups in total. The van der Waals surface area contributed by atoms with Crippen LogP contribution in [0, 0.1) is 0 Å². The molecule has 0 saturated carbocycles. The van der Waals surface area contributed by atoms with Crippen LogP contribution in [0.25, 0.3) is 0 Å². The molecule has 2 aromatic carbocycles. The number of sulfonamides is 1. The molecule has 8 nitrogen and oxygen atoms in total. The third-order valence-electron chi connectivity index (χ3n) is 4.44. The number of nitrogens with one attached hydrogen (secondary N) is 2. The molecule has 2 rings (SSSR count). The number of carbonyl (C=O) groups is 2. The lowest BCUT2D eigenvalue weighted by molar-refractivity contribution is -0.121. The van der Waals surface area contributed by atoms with Crippen LogP contribution in [-0.2, 0) is 27.9 Å². The Morgan fingerprint density at radius 1 is 0.900 bits per heavy atom. The molecule has 0 spiro atoms. The normalized spacial score (nSPS) is 11.2. The predicted molar refractivity (Wildman–Crippen MR) is 115 cm³/mol. The van der Waals surface area contributed by atoms with Gasteiger partial charge in [-0.05, 0) is 17.2 Å². The molecule has 3 amide bonds. The highest BCUT2D eigenvalue weighted by Crippen LogP contribution is 2.18. The van der Waals surface area contributed by atoms with Crippen molar-refractivity contribution in [3.05, 3.63) is 65.7 Å². The van der Waals surface area contributed by atoms with Crippen LogP contribution < -0.4 is 10.6 Å². The third-order valence-corrected chi connectivity index (χ3v) is 6.36. The average Bonchev–Trinajstić information content (AvgIpc) is 2.73. The molecule has 0 heterocycles. The molecule has 0 fully saturated rings. The van der Waals surface area contributed by atoms with Crippen molar-refractivity contribution in [2.75, 3.05) is 27.7 Å². The zero-order valence-electron chi connectivity index (χ0n) is 17.5. The zero-order chi connectivity index (χ0) is 22.1. The second-order valence-electron chi connectivity index (χ2n) is 7.00. The van der Waals surface area contributed by atoms with Gasteiger partial charge in [-0.25, -0.2) is 17.5 Å². The molecule has 9 heteroatoms. The second kappa shape index (κ2) is 10.7. The van der Waals surface area contributed by atoms with Gasteiger partial charge in [0.05, 0.1) is 4.90 Å². The molecule has 2 aromatic rings. The molecule has 0 saturated heterocycles. The van der Waals surface area contributed by atoms with Crippen molar-refractivity contribution in [1.29, 1.82) is 0 Å². The first-order chi connectivity index (χ1) is 14.2. The summed E-state index contributed by atoms with van der Waals surface area (Å²) in [6, 6.07) is 15.9. The van der Waals surface area contributed by atoms with Crippen molar-refractivity contribution >= 4 is 22.0 Å². The first kappa shape index (κ1) is 23.4. The highest BCUT2D eigenvalue weighted by Gasteiger charge is 2.20. The van der Waals surface area contributed by atoms with Gasteiger partial charge >= 0.3 is 6.03 Å². The largest absolute Gasteiger partial charge is 0.352 e. The van der Waals surface area contributed by atoms with Crippen molar-refractivity contribution in [2.24, 2.45) is 0 Å². The summed E-state index contributed by atoms with van der Waals surface area (Å²) in [5.41, 5.74) is 1.52. The zero-order valence-corrected chi connectivity index (χ0v) is 18.3. The van der Waals surface area contributed by atoms with E-state index in [0.717, 1.165) is 9.87 Å². The van der Waals surface area contributed by atoms with E-state index in [2.05, 4.69) is 10.6 Å². The van der Waals surface area contributed by atoms with E-state index in [1.165, 1.54) is 25.1 Å². The van der Waals surface area contributed by atoms with Crippen LogP contribution in [0.2, 0.25) is 0 Å². The monoisotopic (exact) mass is 432 g/mol. The predicted octanol–water partition coefficient (Wildman–Crippen LogP) is 1.78. The minimum absolute atomic E-state index is 0.0872. The molecule has 0 unspecified atom stereocenters. The Balaban J connectivity index is 1.80. The minimum atomic E-state index is -3.60. The molecule has 0 aliphatic carbocycles. The Hall–Kier alpha value is -2.91. The van der Waals surface area contributed by atoms with Crippen molar-refractivity contribution in [3.63, 3.8) is 0 Å². The van der Waals surface area contributed by atoms with E-state index in [0.29, 0.717) is 12.1 Å². The van der Waals surface area contributed by atoms with Crippen LogP contribution in [0.4, 0.5) is 4.79 Å². The van der Waals surface area contributed by atoms with E-state index >= 15 is 0 Å². The third kappa shape index (κ3) is 6.57. The van der Waals surface area contributed by atoms with Gasteiger partial charge in [0.1, 0.15) is 0 Å². The summed E-state index contributed by atoms with van der Waals surface area (Å²) >= 11 is 0. The van der Waals surface area contributed by atoms with Crippen LogP contribution in [0.3, 0.4) is 0 Å². The Bertz CT molecular complexity index is 962. The van der Waals surface area contributed by atoms with Gasteiger partial charge in [-0.3, -0.25) is 4.79 Å². The summed E-state index contributed by atoms with van der Waals surface area (Å²) < 4.78 is 25.9. The van der Waals surface area contributed by atoms with Crippen molar-refractivity contribution in [1.82, 2.24) is 19.8 Å². The first-order valence-corrected chi connectivity index (χ1v) is 11.0. The van der Waals surface area contributed by atoms with Gasteiger partial charge in [-0.1, -0.05) is 48.5 Å². The fourth-order valence-electron chi connectivity index (χ4n) is 2.73. The number of carbonyl (C=O) groups excluding carboxylic acids is 2. The van der Waals surface area contributed by atoms with Gasteiger partial charge < -0.3 is 15.5 Å². The van der Waals surface area contributed by atoms with Crippen molar-refractivity contribution < 1.29 is 18.0 Å². The van der Waals surface area contributed by atoms with Gasteiger partial charge in [0.25, 0.3) is 0 Å². The van der Waals surface area contributed by atoms with Crippen LogP contribution >= 0.6 is 0 Å². The summed E-state index contributed by atoms with van der Waals surface area (Å²) in [5, 5.41) is 5.41. The number of urea groups is 1. The van der Waals surface area contributed by atoms with Crippen molar-refractivity contribution in [3.8, 4) is 0 Å². The lowest BCUT2D eigenvalue weighted by Crippen LogP contribution is -2.38. The van der Waals surface area contributed by atoms with Gasteiger partial charge in [0, 0.05) is 47.2 Å². The minimum Gasteiger partial charge on any atom is -0.352 e. The lowest BCUT2D eigenvalue weighted by atomic mass is 10.2. The number of amides is 3. The van der Waals surface area contributed by atoms with Gasteiger partial charge in [0.15, 0.2) is 0 Å². The Morgan fingerprint density at radius 3 is 2.20 bits per heavy atom. The summed E-state index contributed by atoms with van der Waals surface area (Å²) in [5.74, 6) is -0.280. The quantitative estimate of drug-likeness (QED) is 0.631. The Labute approximate surface area is 177 Å². The molecular formula is C21H28N4O4S. The highest BCUT2D eigenvalue weighted by molar-refractivity contribution is 7.89. The van der Waals surface area contributed by atoms with E-state index in [9.17, 15) is 18.0 Å².